The van der Waals surface area contributed by atoms with Crippen molar-refractivity contribution in [3.63, 3.8) is 0 Å². The number of pyridine rings is 2. The zero-order chi connectivity index (χ0) is 48.6. The van der Waals surface area contributed by atoms with Crippen LogP contribution in [0.2, 0.25) is 0 Å². The van der Waals surface area contributed by atoms with Crippen molar-refractivity contribution in [2.75, 3.05) is 64.3 Å². The number of hydrogen-bond donors (Lipinski definition) is 2. The average molecular weight is 975 g/mol. The van der Waals surface area contributed by atoms with Crippen molar-refractivity contribution in [1.82, 2.24) is 8.80 Å². The molecule has 4 heterocycles. The maximum Gasteiger partial charge on any atom is 1.00 e. The second-order valence-corrected chi connectivity index (χ2v) is 16.1. The van der Waals surface area contributed by atoms with E-state index >= 15 is 0 Å². The van der Waals surface area contributed by atoms with Crippen LogP contribution in [0.15, 0.2) is 134 Å². The van der Waals surface area contributed by atoms with Crippen molar-refractivity contribution in [2.45, 2.75) is 13.8 Å². The third-order valence-electron chi connectivity index (χ3n) is 11.6. The van der Waals surface area contributed by atoms with Gasteiger partial charge in [0.2, 0.25) is 0 Å². The molecule has 0 saturated carbocycles. The second kappa shape index (κ2) is 24.7. The number of benzene rings is 4. The van der Waals surface area contributed by atoms with E-state index in [9.17, 15) is 29.4 Å². The van der Waals surface area contributed by atoms with Crippen LogP contribution in [0.3, 0.4) is 0 Å². The van der Waals surface area contributed by atoms with Gasteiger partial charge in [-0.05, 0) is 151 Å². The van der Waals surface area contributed by atoms with E-state index in [1.165, 1.54) is 36.4 Å². The summed E-state index contributed by atoms with van der Waals surface area (Å²) < 4.78 is 32.7. The van der Waals surface area contributed by atoms with Gasteiger partial charge in [-0.15, -0.1) is 0 Å². The number of aromatic nitrogens is 2. The molecule has 0 spiro atoms. The van der Waals surface area contributed by atoms with E-state index in [1.54, 1.807) is 12.1 Å². The van der Waals surface area contributed by atoms with E-state index in [2.05, 4.69) is 0 Å². The molecule has 8 rings (SSSR count). The Morgan fingerprint density at radius 1 is 0.493 bits per heavy atom. The molecule has 0 unspecified atom stereocenters. The van der Waals surface area contributed by atoms with Crippen LogP contribution in [0.25, 0.3) is 33.5 Å². The normalized spacial score (nSPS) is 11.0. The van der Waals surface area contributed by atoms with E-state index in [0.717, 1.165) is 33.6 Å². The number of nitrogen functional groups attached to an aromatic ring is 2. The van der Waals surface area contributed by atoms with Crippen LogP contribution < -0.4 is 90.3 Å². The number of aromatic carboxylic acids is 2. The van der Waals surface area contributed by atoms with E-state index in [1.807, 2.05) is 108 Å². The number of anilines is 2. The van der Waals surface area contributed by atoms with Crippen LogP contribution in [0.4, 0.5) is 11.4 Å². The minimum atomic E-state index is -1.45. The van der Waals surface area contributed by atoms with E-state index in [-0.39, 0.29) is 104 Å². The standard InChI is InChI=1S/C54H50N4O11.2Na/c1-33-30-47-41(51(59)37-12-18-44(55)42(31-37)53(61)62)6-5-21-58(47)49(33)35-8-14-39(15-9-35)68-28-26-66-24-22-65-23-25-67-27-29-69-40-16-10-36(11-17-40)50-34(2)48(46-7-3-4-20-57(46)50)52(60)38-13-19-45(56)43(32-38)54(63)64;;/h3-21,30-32H,22-29,55-56H2,1-2H3,(H,61,62)(H,63,64);;/q;2*+1/p-2. The van der Waals surface area contributed by atoms with Gasteiger partial charge < -0.3 is 63.8 Å². The van der Waals surface area contributed by atoms with Crippen molar-refractivity contribution >= 4 is 45.9 Å². The minimum Gasteiger partial charge on any atom is -0.545 e. The van der Waals surface area contributed by atoms with Gasteiger partial charge in [-0.3, -0.25) is 9.59 Å². The Hall–Kier alpha value is -6.24. The van der Waals surface area contributed by atoms with Crippen molar-refractivity contribution in [3.8, 4) is 34.0 Å². The summed E-state index contributed by atoms with van der Waals surface area (Å²) in [5.41, 5.74) is 19.1. The topological polar surface area (TPSA) is 221 Å². The molecular formula is C54H48N4Na2O11. The molecule has 0 aliphatic carbocycles. The van der Waals surface area contributed by atoms with E-state index < -0.39 is 11.9 Å². The summed E-state index contributed by atoms with van der Waals surface area (Å²) >= 11 is 0. The molecule has 4 aromatic carbocycles. The van der Waals surface area contributed by atoms with Crippen LogP contribution in [0, 0.1) is 13.8 Å². The number of hydrogen-bond acceptors (Lipinski definition) is 13. The first kappa shape index (κ1) is 54.1. The van der Waals surface area contributed by atoms with Crippen LogP contribution in [-0.2, 0) is 14.2 Å². The Bertz CT molecular complexity index is 3200. The van der Waals surface area contributed by atoms with Gasteiger partial charge >= 0.3 is 59.1 Å². The Kier molecular flexibility index (Phi) is 18.8. The summed E-state index contributed by atoms with van der Waals surface area (Å²) in [6.07, 6.45) is 3.76. The van der Waals surface area contributed by atoms with Crippen LogP contribution in [0.1, 0.15) is 63.7 Å². The molecule has 0 amide bonds. The predicted octanol–water partition coefficient (Wildman–Crippen LogP) is 0.0118. The zero-order valence-corrected chi connectivity index (χ0v) is 43.9. The Labute approximate surface area is 453 Å². The maximum atomic E-state index is 13.8. The largest absolute Gasteiger partial charge is 1.00 e. The number of nitrogens with two attached hydrogens (primary N) is 2. The minimum absolute atomic E-state index is 0. The summed E-state index contributed by atoms with van der Waals surface area (Å²) in [6.45, 7) is 6.85. The second-order valence-electron chi connectivity index (χ2n) is 16.1. The van der Waals surface area contributed by atoms with Crippen LogP contribution >= 0.6 is 0 Å². The molecule has 17 heteroatoms. The van der Waals surface area contributed by atoms with Crippen molar-refractivity contribution in [3.05, 3.63) is 178 Å². The molecule has 0 atom stereocenters. The number of ether oxygens (including phenoxy) is 5. The van der Waals surface area contributed by atoms with Gasteiger partial charge in [0.05, 0.1) is 79.6 Å². The first-order valence-corrected chi connectivity index (χ1v) is 22.1. The number of rotatable bonds is 22. The SMILES string of the molecule is Cc1cc2c(C(=O)c3ccc(N)c(C(=O)[O-])c3)cccn2c1-c1ccc(OCCOCCOCCOCCOc2ccc(-c3c(C)c(C(=O)c4ccc(N)c(C(=O)[O-])c4)c4ccccn34)cc2)cc1.[Na+].[Na+]. The van der Waals surface area contributed by atoms with Gasteiger partial charge in [-0.25, -0.2) is 0 Å². The summed E-state index contributed by atoms with van der Waals surface area (Å²) in [7, 11) is 0. The van der Waals surface area contributed by atoms with Crippen molar-refractivity contribution in [2.24, 2.45) is 0 Å². The number of nitrogens with zero attached hydrogens (tertiary/aromatic N) is 2. The Morgan fingerprint density at radius 3 is 1.48 bits per heavy atom. The van der Waals surface area contributed by atoms with E-state index in [0.29, 0.717) is 86.5 Å². The van der Waals surface area contributed by atoms with Gasteiger partial charge in [-0.1, -0.05) is 6.07 Å². The smallest absolute Gasteiger partial charge is 0.545 e. The molecule has 15 nitrogen and oxygen atoms in total. The molecule has 4 aromatic heterocycles. The first-order chi connectivity index (χ1) is 33.4. The third-order valence-corrected chi connectivity index (χ3v) is 11.6. The molecule has 0 aliphatic rings. The summed E-state index contributed by atoms with van der Waals surface area (Å²) in [6, 6.07) is 34.5. The summed E-state index contributed by atoms with van der Waals surface area (Å²) in [5.74, 6) is -2.21. The molecule has 0 radical (unpaired) electrons. The molecule has 71 heavy (non-hydrogen) atoms. The van der Waals surface area contributed by atoms with Gasteiger partial charge in [0.1, 0.15) is 24.7 Å². The quantitative estimate of drug-likeness (QED) is 0.0396. The fourth-order valence-electron chi connectivity index (χ4n) is 8.31. The monoisotopic (exact) mass is 974 g/mol. The number of carbonyl (C=O) groups excluding carboxylic acids is 4. The van der Waals surface area contributed by atoms with Gasteiger partial charge in [0, 0.05) is 51.6 Å². The molecule has 8 aromatic rings. The number of ketones is 2. The maximum absolute atomic E-state index is 13.8. The van der Waals surface area contributed by atoms with E-state index in [4.69, 9.17) is 35.2 Å². The Balaban J connectivity index is 0.00000413. The number of carboxylic acid groups (broad SMARTS) is 2. The first-order valence-electron chi connectivity index (χ1n) is 22.1. The molecule has 352 valence electrons. The molecule has 0 fully saturated rings. The molecule has 0 aliphatic heterocycles. The van der Waals surface area contributed by atoms with Gasteiger partial charge in [0.25, 0.3) is 0 Å². The molecule has 4 N–H and O–H groups in total. The van der Waals surface area contributed by atoms with Gasteiger partial charge in [0.15, 0.2) is 11.6 Å². The zero-order valence-electron chi connectivity index (χ0n) is 39.9. The summed E-state index contributed by atoms with van der Waals surface area (Å²) in [4.78, 5) is 50.4. The molecular weight excluding hydrogens is 927 g/mol. The number of carboxylic acids is 2. The molecule has 0 bridgehead atoms. The summed E-state index contributed by atoms with van der Waals surface area (Å²) in [5, 5.41) is 23.1. The predicted molar refractivity (Wildman–Crippen MR) is 256 cm³/mol. The van der Waals surface area contributed by atoms with Crippen molar-refractivity contribution in [1.29, 1.82) is 0 Å². The third kappa shape index (κ3) is 12.3. The van der Waals surface area contributed by atoms with Crippen LogP contribution in [0.5, 0.6) is 11.5 Å². The number of carbonyl (C=O) groups is 4. The fraction of sp³-hybridized carbons (Fsp3) is 0.185. The van der Waals surface area contributed by atoms with Crippen LogP contribution in [-0.4, -0.2) is 85.2 Å². The van der Waals surface area contributed by atoms with Crippen molar-refractivity contribution < 1.29 is 112 Å². The number of fused-ring (bicyclic) bond motifs is 2. The Morgan fingerprint density at radius 2 is 0.958 bits per heavy atom. The number of aryl methyl sites for hydroxylation is 1. The average Bonchev–Trinajstić information content (AvgIpc) is 3.85. The fourth-order valence-corrected chi connectivity index (χ4v) is 8.31. The molecule has 0 saturated heterocycles. The van der Waals surface area contributed by atoms with Gasteiger partial charge in [-0.2, -0.15) is 0 Å².